The first-order valence-electron chi connectivity index (χ1n) is 1.51. The van der Waals surface area contributed by atoms with E-state index in [1.54, 1.807) is 5.70 Å². The second-order valence-corrected chi connectivity index (χ2v) is 5.53. The van der Waals surface area contributed by atoms with Crippen molar-refractivity contribution < 1.29 is 0 Å². The van der Waals surface area contributed by atoms with Gasteiger partial charge in [0.25, 0.3) is 0 Å². The molecule has 0 atom stereocenters. The number of alkyl halides is 3. The Morgan fingerprint density at radius 1 is 1.43 bits per heavy atom. The average molecular weight is 174 g/mol. The molecule has 7 heavy (non-hydrogen) atoms. The molecule has 0 spiro atoms. The molecule has 0 aromatic carbocycles. The molecule has 0 saturated carbocycles. The van der Waals surface area contributed by atoms with E-state index in [2.05, 4.69) is 6.58 Å². The summed E-state index contributed by atoms with van der Waals surface area (Å²) in [5.41, 5.74) is 1.59. The molecule has 0 rings (SSSR count). The zero-order valence-corrected chi connectivity index (χ0v) is 6.69. The van der Waals surface area contributed by atoms with E-state index in [1.807, 2.05) is 0 Å². The highest BCUT2D eigenvalue weighted by Gasteiger charge is 2.16. The monoisotopic (exact) mass is 172 g/mol. The highest BCUT2D eigenvalue weighted by molar-refractivity contribution is 6.88. The molecule has 0 nitrogen and oxygen atoms in total. The Labute approximate surface area is 60.3 Å². The molecule has 0 amide bonds. The molecule has 0 N–H and O–H groups in total. The molecular weight excluding hydrogens is 170 g/mol. The summed E-state index contributed by atoms with van der Waals surface area (Å²) in [4.78, 5) is 0. The quantitative estimate of drug-likeness (QED) is 0.421. The lowest BCUT2D eigenvalue weighted by Gasteiger charge is -2.02. The maximum atomic E-state index is 5.31. The summed E-state index contributed by atoms with van der Waals surface area (Å²) in [5.74, 6) is 0. The lowest BCUT2D eigenvalue weighted by Crippen LogP contribution is -2.10. The molecular formula is C3H3Cl3Si. The lowest BCUT2D eigenvalue weighted by molar-refractivity contribution is 1.71. The number of hydrogen-bond donors (Lipinski definition) is 0. The normalized spacial score (nSPS) is 11.3. The zero-order chi connectivity index (χ0) is 5.91. The van der Waals surface area contributed by atoms with Gasteiger partial charge in [0.2, 0.25) is 0 Å². The van der Waals surface area contributed by atoms with Gasteiger partial charge in [-0.2, -0.15) is 0 Å². The second-order valence-electron chi connectivity index (χ2n) is 0.846. The van der Waals surface area contributed by atoms with Gasteiger partial charge in [-0.1, -0.05) is 34.8 Å². The van der Waals surface area contributed by atoms with E-state index in [1.165, 1.54) is 0 Å². The Kier molecular flexibility index (Phi) is 3.33. The second kappa shape index (κ2) is 2.97. The van der Waals surface area contributed by atoms with Crippen LogP contribution in [0.5, 0.6) is 0 Å². The molecule has 0 aliphatic rings. The molecule has 4 heteroatoms. The molecule has 0 heterocycles. The van der Waals surface area contributed by atoms with Gasteiger partial charge in [0.05, 0.1) is 0 Å². The Morgan fingerprint density at radius 3 is 1.86 bits per heavy atom. The molecule has 0 aromatic heterocycles. The smallest absolute Gasteiger partial charge is 0.107 e. The van der Waals surface area contributed by atoms with Gasteiger partial charge < -0.3 is 0 Å². The highest BCUT2D eigenvalue weighted by Crippen LogP contribution is 2.23. The van der Waals surface area contributed by atoms with E-state index in [9.17, 15) is 0 Å². The summed E-state index contributed by atoms with van der Waals surface area (Å²) in [6.07, 6.45) is 0. The SMILES string of the molecule is C=C[Si]C(Cl)(Cl)Cl. The first-order valence-corrected chi connectivity index (χ1v) is 3.73. The predicted molar refractivity (Wildman–Crippen MR) is 36.2 cm³/mol. The first-order chi connectivity index (χ1) is 3.06. The Balaban J connectivity index is 3.34. The first kappa shape index (κ1) is 7.83. The van der Waals surface area contributed by atoms with E-state index < -0.39 is 3.42 Å². The van der Waals surface area contributed by atoms with Crippen LogP contribution in [0.4, 0.5) is 0 Å². The van der Waals surface area contributed by atoms with Crippen molar-refractivity contribution in [2.75, 3.05) is 0 Å². The van der Waals surface area contributed by atoms with Crippen LogP contribution in [-0.4, -0.2) is 12.9 Å². The maximum absolute atomic E-state index is 5.31. The standard InChI is InChI=1S/C3H3Cl3Si/c1-2-7-3(4,5)6/h2H,1H2. The van der Waals surface area contributed by atoms with E-state index >= 15 is 0 Å². The number of halogens is 3. The summed E-state index contributed by atoms with van der Waals surface area (Å²) in [6, 6.07) is 0. The maximum Gasteiger partial charge on any atom is 0.176 e. The van der Waals surface area contributed by atoms with Gasteiger partial charge in [-0.05, 0) is 0 Å². The van der Waals surface area contributed by atoms with Crippen LogP contribution in [0.3, 0.4) is 0 Å². The fraction of sp³-hybridized carbons (Fsp3) is 0.333. The van der Waals surface area contributed by atoms with Crippen LogP contribution in [-0.2, 0) is 0 Å². The molecule has 0 bridgehead atoms. The van der Waals surface area contributed by atoms with Crippen LogP contribution >= 0.6 is 34.8 Å². The van der Waals surface area contributed by atoms with Crippen LogP contribution < -0.4 is 0 Å². The van der Waals surface area contributed by atoms with Crippen LogP contribution in [0.1, 0.15) is 0 Å². The van der Waals surface area contributed by atoms with Crippen molar-refractivity contribution in [3.63, 3.8) is 0 Å². The van der Waals surface area contributed by atoms with Crippen molar-refractivity contribution in [1.82, 2.24) is 0 Å². The predicted octanol–water partition coefficient (Wildman–Crippen LogP) is 2.16. The van der Waals surface area contributed by atoms with E-state index in [0.29, 0.717) is 0 Å². The lowest BCUT2D eigenvalue weighted by atomic mass is 11.3. The van der Waals surface area contributed by atoms with Gasteiger partial charge >= 0.3 is 0 Å². The fourth-order valence-electron chi connectivity index (χ4n) is 0.116. The Hall–Kier alpha value is 0.827. The largest absolute Gasteiger partial charge is 0.176 e. The molecule has 0 aliphatic carbocycles. The molecule has 40 valence electrons. The highest BCUT2D eigenvalue weighted by atomic mass is 35.6. The summed E-state index contributed by atoms with van der Waals surface area (Å²) < 4.78 is -1.12. The van der Waals surface area contributed by atoms with E-state index in [4.69, 9.17) is 34.8 Å². The van der Waals surface area contributed by atoms with Gasteiger partial charge in [-0.15, -0.1) is 12.3 Å². The Morgan fingerprint density at radius 2 is 1.86 bits per heavy atom. The van der Waals surface area contributed by atoms with Crippen LogP contribution in [0.2, 0.25) is 0 Å². The molecule has 0 aliphatic heterocycles. The zero-order valence-electron chi connectivity index (χ0n) is 3.42. The van der Waals surface area contributed by atoms with Crippen molar-refractivity contribution in [2.24, 2.45) is 0 Å². The molecule has 0 aromatic rings. The van der Waals surface area contributed by atoms with E-state index in [-0.39, 0.29) is 9.52 Å². The minimum absolute atomic E-state index is 0.184. The summed E-state index contributed by atoms with van der Waals surface area (Å²) >= 11 is 15.9. The number of rotatable bonds is 1. The molecule has 2 radical (unpaired) electrons. The van der Waals surface area contributed by atoms with Crippen molar-refractivity contribution in [1.29, 1.82) is 0 Å². The van der Waals surface area contributed by atoms with Gasteiger partial charge in [-0.25, -0.2) is 0 Å². The van der Waals surface area contributed by atoms with Gasteiger partial charge in [0.15, 0.2) is 3.42 Å². The van der Waals surface area contributed by atoms with Gasteiger partial charge in [0.1, 0.15) is 9.52 Å². The average Bonchev–Trinajstić information content (AvgIpc) is 1.30. The summed E-state index contributed by atoms with van der Waals surface area (Å²) in [6.45, 7) is 3.41. The van der Waals surface area contributed by atoms with Crippen LogP contribution in [0.25, 0.3) is 0 Å². The third-order valence-electron chi connectivity index (χ3n) is 0.266. The van der Waals surface area contributed by atoms with Crippen LogP contribution in [0.15, 0.2) is 12.3 Å². The van der Waals surface area contributed by atoms with Gasteiger partial charge in [-0.3, -0.25) is 0 Å². The Bertz CT molecular complexity index is 65.1. The van der Waals surface area contributed by atoms with Crippen LogP contribution in [0, 0.1) is 0 Å². The van der Waals surface area contributed by atoms with Crippen molar-refractivity contribution in [3.8, 4) is 0 Å². The molecule has 0 saturated heterocycles. The minimum Gasteiger partial charge on any atom is -0.107 e. The third-order valence-corrected chi connectivity index (χ3v) is 1.78. The molecule has 0 unspecified atom stereocenters. The minimum atomic E-state index is -1.12. The van der Waals surface area contributed by atoms with Crippen molar-refractivity contribution in [3.05, 3.63) is 12.3 Å². The summed E-state index contributed by atoms with van der Waals surface area (Å²) in [7, 11) is 0.184. The fourth-order valence-corrected chi connectivity index (χ4v) is 1.04. The third kappa shape index (κ3) is 6.83. The summed E-state index contributed by atoms with van der Waals surface area (Å²) in [5, 5.41) is 0. The van der Waals surface area contributed by atoms with Gasteiger partial charge in [0, 0.05) is 0 Å². The topological polar surface area (TPSA) is 0 Å². The number of hydrogen-bond acceptors (Lipinski definition) is 0. The van der Waals surface area contributed by atoms with E-state index in [0.717, 1.165) is 0 Å². The van der Waals surface area contributed by atoms with Crippen molar-refractivity contribution in [2.45, 2.75) is 3.42 Å². The van der Waals surface area contributed by atoms with Crippen molar-refractivity contribution >= 4 is 44.3 Å². The molecule has 0 fully saturated rings.